The molecular weight excluding hydrogens is 346 g/mol. The zero-order chi connectivity index (χ0) is 18.5. The zero-order valence-corrected chi connectivity index (χ0v) is 16.0. The predicted octanol–water partition coefficient (Wildman–Crippen LogP) is 4.43. The number of benzene rings is 1. The quantitative estimate of drug-likeness (QED) is 0.819. The maximum absolute atomic E-state index is 12.3. The summed E-state index contributed by atoms with van der Waals surface area (Å²) in [5.74, 6) is 1.21. The van der Waals surface area contributed by atoms with Crippen molar-refractivity contribution in [1.29, 1.82) is 0 Å². The summed E-state index contributed by atoms with van der Waals surface area (Å²) in [5.41, 5.74) is 1.88. The number of nitrogens with one attached hydrogen (secondary N) is 1. The first-order valence-corrected chi connectivity index (χ1v) is 9.60. The fraction of sp³-hybridized carbons (Fsp3) is 0.350. The lowest BCUT2D eigenvalue weighted by molar-refractivity contribution is -0.115. The van der Waals surface area contributed by atoms with E-state index in [1.165, 1.54) is 11.3 Å². The Labute approximate surface area is 157 Å². The zero-order valence-electron chi connectivity index (χ0n) is 15.2. The molecule has 1 aromatic carbocycles. The lowest BCUT2D eigenvalue weighted by Crippen LogP contribution is -2.15. The van der Waals surface area contributed by atoms with Gasteiger partial charge in [-0.2, -0.15) is 0 Å². The number of hydrogen-bond donors (Lipinski definition) is 1. The summed E-state index contributed by atoms with van der Waals surface area (Å²) < 4.78 is 5.68. The third-order valence-electron chi connectivity index (χ3n) is 4.01. The number of carbonyl (C=O) groups is 1. The molecule has 2 unspecified atom stereocenters. The van der Waals surface area contributed by atoms with Gasteiger partial charge in [0.25, 0.3) is 0 Å². The van der Waals surface area contributed by atoms with Crippen LogP contribution in [0.25, 0.3) is 0 Å². The third kappa shape index (κ3) is 4.79. The molecule has 2 heterocycles. The Morgan fingerprint density at radius 1 is 1.38 bits per heavy atom. The molecule has 1 aliphatic rings. The predicted molar refractivity (Wildman–Crippen MR) is 106 cm³/mol. The van der Waals surface area contributed by atoms with Crippen LogP contribution in [0.15, 0.2) is 46.9 Å². The van der Waals surface area contributed by atoms with E-state index in [0.717, 1.165) is 17.0 Å². The summed E-state index contributed by atoms with van der Waals surface area (Å²) in [6.45, 7) is 6.07. The second-order valence-electron chi connectivity index (χ2n) is 6.64. The molecule has 1 aliphatic heterocycles. The van der Waals surface area contributed by atoms with Crippen LogP contribution in [0.4, 0.5) is 5.13 Å². The fourth-order valence-corrected chi connectivity index (χ4v) is 3.58. The van der Waals surface area contributed by atoms with E-state index in [4.69, 9.17) is 4.74 Å². The Hall–Kier alpha value is -2.47. The average Bonchev–Trinajstić information content (AvgIpc) is 3.03. The molecule has 2 aromatic rings. The van der Waals surface area contributed by atoms with Crippen LogP contribution in [-0.2, 0) is 11.2 Å². The van der Waals surface area contributed by atoms with Crippen molar-refractivity contribution in [3.63, 3.8) is 0 Å². The highest BCUT2D eigenvalue weighted by atomic mass is 32.1. The van der Waals surface area contributed by atoms with E-state index in [-0.39, 0.29) is 24.3 Å². The lowest BCUT2D eigenvalue weighted by Gasteiger charge is -2.17. The first kappa shape index (κ1) is 18.3. The lowest BCUT2D eigenvalue weighted by atomic mass is 9.91. The number of nitrogens with zero attached hydrogens (tertiary/aromatic N) is 2. The van der Waals surface area contributed by atoms with E-state index in [1.54, 1.807) is 6.20 Å². The van der Waals surface area contributed by atoms with Gasteiger partial charge in [0.2, 0.25) is 5.91 Å². The van der Waals surface area contributed by atoms with Gasteiger partial charge in [0.05, 0.1) is 18.2 Å². The first-order chi connectivity index (χ1) is 12.5. The van der Waals surface area contributed by atoms with Crippen molar-refractivity contribution in [3.8, 4) is 5.75 Å². The van der Waals surface area contributed by atoms with Crippen molar-refractivity contribution in [2.45, 2.75) is 39.2 Å². The molecule has 6 heteroatoms. The number of ether oxygens (including phenoxy) is 1. The molecule has 0 bridgehead atoms. The average molecular weight is 369 g/mol. The molecule has 26 heavy (non-hydrogen) atoms. The van der Waals surface area contributed by atoms with Crippen molar-refractivity contribution in [2.75, 3.05) is 5.32 Å². The summed E-state index contributed by atoms with van der Waals surface area (Å²) in [6.07, 6.45) is 6.17. The normalized spacial score (nSPS) is 18.9. The number of thiazole rings is 1. The molecule has 0 saturated heterocycles. The van der Waals surface area contributed by atoms with Crippen LogP contribution >= 0.6 is 11.3 Å². The molecular formula is C20H23N3O2S. The number of amides is 1. The second-order valence-corrected chi connectivity index (χ2v) is 7.50. The van der Waals surface area contributed by atoms with E-state index >= 15 is 0 Å². The highest BCUT2D eigenvalue weighted by molar-refractivity contribution is 7.13. The molecule has 2 atom stereocenters. The van der Waals surface area contributed by atoms with Crippen LogP contribution in [0, 0.1) is 5.92 Å². The van der Waals surface area contributed by atoms with Crippen LogP contribution in [0.2, 0.25) is 0 Å². The van der Waals surface area contributed by atoms with Gasteiger partial charge in [-0.25, -0.2) is 4.98 Å². The number of hydrogen-bond acceptors (Lipinski definition) is 5. The fourth-order valence-electron chi connectivity index (χ4n) is 2.81. The van der Waals surface area contributed by atoms with Gasteiger partial charge in [-0.15, -0.1) is 11.3 Å². The summed E-state index contributed by atoms with van der Waals surface area (Å²) in [6, 6.07) is 7.63. The van der Waals surface area contributed by atoms with Crippen molar-refractivity contribution in [2.24, 2.45) is 10.9 Å². The monoisotopic (exact) mass is 369 g/mol. The molecule has 136 valence electrons. The number of aromatic nitrogens is 1. The third-order valence-corrected chi connectivity index (χ3v) is 4.79. The molecule has 1 amide bonds. The van der Waals surface area contributed by atoms with Gasteiger partial charge in [-0.05, 0) is 31.5 Å². The second kappa shape index (κ2) is 8.27. The van der Waals surface area contributed by atoms with Gasteiger partial charge in [-0.3, -0.25) is 9.79 Å². The van der Waals surface area contributed by atoms with E-state index in [2.05, 4.69) is 22.2 Å². The highest BCUT2D eigenvalue weighted by Gasteiger charge is 2.20. The van der Waals surface area contributed by atoms with Crippen LogP contribution in [0.1, 0.15) is 37.9 Å². The Morgan fingerprint density at radius 3 is 3.00 bits per heavy atom. The number of rotatable bonds is 6. The number of anilines is 1. The van der Waals surface area contributed by atoms with E-state index in [0.29, 0.717) is 11.0 Å². The van der Waals surface area contributed by atoms with Gasteiger partial charge in [0.15, 0.2) is 5.13 Å². The number of allylic oxidation sites excluding steroid dienone is 1. The van der Waals surface area contributed by atoms with Gasteiger partial charge < -0.3 is 10.1 Å². The summed E-state index contributed by atoms with van der Waals surface area (Å²) >= 11 is 1.45. The van der Waals surface area contributed by atoms with Gasteiger partial charge in [0, 0.05) is 29.6 Å². The topological polar surface area (TPSA) is 63.6 Å². The first-order valence-electron chi connectivity index (χ1n) is 8.72. The van der Waals surface area contributed by atoms with E-state index < -0.39 is 0 Å². The Bertz CT molecular complexity index is 826. The Balaban J connectivity index is 1.60. The Morgan fingerprint density at radius 2 is 2.23 bits per heavy atom. The molecule has 0 spiro atoms. The molecule has 0 radical (unpaired) electrons. The maximum atomic E-state index is 12.3. The van der Waals surface area contributed by atoms with Gasteiger partial charge in [-0.1, -0.05) is 25.1 Å². The molecule has 1 N–H and O–H groups in total. The number of aliphatic imine (C=N–C) groups is 1. The molecule has 0 saturated carbocycles. The van der Waals surface area contributed by atoms with Crippen molar-refractivity contribution < 1.29 is 9.53 Å². The molecule has 1 aromatic heterocycles. The van der Waals surface area contributed by atoms with Crippen LogP contribution in [-0.4, -0.2) is 23.2 Å². The van der Waals surface area contributed by atoms with E-state index in [1.807, 2.05) is 55.8 Å². The maximum Gasteiger partial charge on any atom is 0.230 e. The largest absolute Gasteiger partial charge is 0.491 e. The molecule has 0 aliphatic carbocycles. The van der Waals surface area contributed by atoms with Crippen molar-refractivity contribution in [3.05, 3.63) is 53.2 Å². The smallest absolute Gasteiger partial charge is 0.230 e. The molecule has 0 fully saturated rings. The van der Waals surface area contributed by atoms with Crippen LogP contribution < -0.4 is 10.1 Å². The molecule has 5 nitrogen and oxygen atoms in total. The van der Waals surface area contributed by atoms with Gasteiger partial charge in [0.1, 0.15) is 5.75 Å². The highest BCUT2D eigenvalue weighted by Crippen LogP contribution is 2.30. The standard InChI is InChI=1S/C20H23N3O2S/c1-13(2)25-16-6-4-5-15(9-16)10-19(24)23-20-22-18(12-26-20)17-7-8-21-11-14(17)3/h4-9,11-14,17H,10H2,1-3H3,(H,22,23,24). The summed E-state index contributed by atoms with van der Waals surface area (Å²) in [7, 11) is 0. The van der Waals surface area contributed by atoms with Crippen molar-refractivity contribution in [1.82, 2.24) is 4.98 Å². The summed E-state index contributed by atoms with van der Waals surface area (Å²) in [5, 5.41) is 5.52. The van der Waals surface area contributed by atoms with Gasteiger partial charge >= 0.3 is 0 Å². The minimum atomic E-state index is -0.0820. The number of carbonyl (C=O) groups excluding carboxylic acids is 1. The van der Waals surface area contributed by atoms with Crippen LogP contribution in [0.5, 0.6) is 5.75 Å². The van der Waals surface area contributed by atoms with Crippen molar-refractivity contribution >= 4 is 28.6 Å². The Kier molecular flexibility index (Phi) is 5.83. The van der Waals surface area contributed by atoms with E-state index in [9.17, 15) is 4.79 Å². The summed E-state index contributed by atoms with van der Waals surface area (Å²) in [4.78, 5) is 21.1. The minimum absolute atomic E-state index is 0.0820. The SMILES string of the molecule is CC(C)Oc1cccc(CC(=O)Nc2nc(C3C=CN=CC3C)cs2)c1. The van der Waals surface area contributed by atoms with Crippen LogP contribution in [0.3, 0.4) is 0 Å². The minimum Gasteiger partial charge on any atom is -0.491 e. The molecule has 3 rings (SSSR count).